The highest BCUT2D eigenvalue weighted by molar-refractivity contribution is 7.94. The average molecular weight is 313 g/mol. The van der Waals surface area contributed by atoms with Crippen LogP contribution >= 0.6 is 22.7 Å². The van der Waals surface area contributed by atoms with E-state index in [0.717, 1.165) is 4.88 Å². The lowest BCUT2D eigenvalue weighted by atomic mass is 10.5. The number of hydrogen-bond acceptors (Lipinski definition) is 6. The molecule has 8 heteroatoms. The molecule has 0 aromatic carbocycles. The van der Waals surface area contributed by atoms with Crippen LogP contribution in [0.4, 0.5) is 5.13 Å². The molecule has 2 aromatic rings. The minimum atomic E-state index is -3.56. The van der Waals surface area contributed by atoms with Crippen LogP contribution in [-0.4, -0.2) is 19.9 Å². The maximum Gasteiger partial charge on any atom is 0.273 e. The normalized spacial score (nSPS) is 10.8. The van der Waals surface area contributed by atoms with Crippen LogP contribution in [0.2, 0.25) is 0 Å². The highest BCUT2D eigenvalue weighted by atomic mass is 32.2. The van der Waals surface area contributed by atoms with Crippen LogP contribution in [0, 0.1) is 18.8 Å². The Bertz CT molecular complexity index is 735. The van der Waals surface area contributed by atoms with Gasteiger partial charge in [-0.2, -0.15) is 0 Å². The van der Waals surface area contributed by atoms with Crippen molar-refractivity contribution in [2.45, 2.75) is 11.1 Å². The molecule has 0 fully saturated rings. The molecule has 2 aromatic heterocycles. The molecule has 3 N–H and O–H groups in total. The molecule has 2 heterocycles. The smallest absolute Gasteiger partial charge is 0.273 e. The lowest BCUT2D eigenvalue weighted by Crippen LogP contribution is -2.10. The predicted octanol–water partition coefficient (Wildman–Crippen LogP) is 1.62. The summed E-state index contributed by atoms with van der Waals surface area (Å²) >= 11 is 2.39. The van der Waals surface area contributed by atoms with E-state index in [1.165, 1.54) is 28.9 Å². The third-order valence-electron chi connectivity index (χ3n) is 2.02. The summed E-state index contributed by atoms with van der Waals surface area (Å²) in [6.45, 7) is 2.11. The number of anilines is 1. The summed E-state index contributed by atoms with van der Waals surface area (Å²) in [6.07, 6.45) is 1.52. The molecule has 5 nitrogen and oxygen atoms in total. The van der Waals surface area contributed by atoms with Crippen molar-refractivity contribution in [3.8, 4) is 11.8 Å². The van der Waals surface area contributed by atoms with Crippen LogP contribution < -0.4 is 10.5 Å². The van der Waals surface area contributed by atoms with Gasteiger partial charge in [-0.25, -0.2) is 13.4 Å². The molecule has 0 spiro atoms. The Morgan fingerprint density at radius 3 is 2.84 bits per heavy atom. The van der Waals surface area contributed by atoms with Gasteiger partial charge in [0.15, 0.2) is 5.13 Å². The quantitative estimate of drug-likeness (QED) is 0.843. The zero-order chi connectivity index (χ0) is 13.9. The third kappa shape index (κ3) is 3.54. The first kappa shape index (κ1) is 14.0. The number of nitrogens with zero attached hydrogens (tertiary/aromatic N) is 1. The Kier molecular flexibility index (Phi) is 4.21. The van der Waals surface area contributed by atoms with Crippen molar-refractivity contribution in [1.29, 1.82) is 0 Å². The Morgan fingerprint density at radius 2 is 2.21 bits per heavy atom. The zero-order valence-corrected chi connectivity index (χ0v) is 12.5. The SMILES string of the molecule is Cc1ccc(S(=O)(=O)Nc2ncc(C#CCN)s2)s1. The Labute approximate surface area is 119 Å². The molecule has 100 valence electrons. The fraction of sp³-hybridized carbons (Fsp3) is 0.182. The van der Waals surface area contributed by atoms with Gasteiger partial charge in [0, 0.05) is 4.88 Å². The number of sulfonamides is 1. The van der Waals surface area contributed by atoms with E-state index in [4.69, 9.17) is 5.73 Å². The van der Waals surface area contributed by atoms with Gasteiger partial charge >= 0.3 is 0 Å². The zero-order valence-electron chi connectivity index (χ0n) is 10.0. The van der Waals surface area contributed by atoms with Crippen LogP contribution in [0.25, 0.3) is 0 Å². The van der Waals surface area contributed by atoms with E-state index in [-0.39, 0.29) is 10.8 Å². The van der Waals surface area contributed by atoms with Gasteiger partial charge in [-0.3, -0.25) is 4.72 Å². The second-order valence-electron chi connectivity index (χ2n) is 3.51. The number of thiophene rings is 1. The summed E-state index contributed by atoms with van der Waals surface area (Å²) < 4.78 is 26.8. The van der Waals surface area contributed by atoms with Crippen molar-refractivity contribution >= 4 is 37.8 Å². The second-order valence-corrected chi connectivity index (χ2v) is 7.73. The monoisotopic (exact) mass is 313 g/mol. The largest absolute Gasteiger partial charge is 0.320 e. The summed E-state index contributed by atoms with van der Waals surface area (Å²) in [5.41, 5.74) is 5.26. The second kappa shape index (κ2) is 5.71. The molecule has 0 bridgehead atoms. The number of nitrogens with two attached hydrogens (primary N) is 1. The van der Waals surface area contributed by atoms with E-state index >= 15 is 0 Å². The standard InChI is InChI=1S/C11H11N3O2S3/c1-8-4-5-10(17-8)19(15,16)14-11-13-7-9(18-11)3-2-6-12/h4-5,7H,6,12H2,1H3,(H,13,14). The van der Waals surface area contributed by atoms with E-state index in [9.17, 15) is 8.42 Å². The molecule has 0 amide bonds. The first-order valence-corrected chi connectivity index (χ1v) is 8.37. The maximum atomic E-state index is 12.0. The minimum Gasteiger partial charge on any atom is -0.320 e. The van der Waals surface area contributed by atoms with Crippen LogP contribution in [0.5, 0.6) is 0 Å². The van der Waals surface area contributed by atoms with Gasteiger partial charge in [0.2, 0.25) is 0 Å². The van der Waals surface area contributed by atoms with Gasteiger partial charge in [-0.15, -0.1) is 11.3 Å². The number of hydrogen-bond donors (Lipinski definition) is 2. The summed E-state index contributed by atoms with van der Waals surface area (Å²) in [6, 6.07) is 3.34. The molecule has 0 atom stereocenters. The number of nitrogens with one attached hydrogen (secondary N) is 1. The minimum absolute atomic E-state index is 0.257. The van der Waals surface area contributed by atoms with Crippen LogP contribution in [-0.2, 0) is 10.0 Å². The molecule has 0 aliphatic heterocycles. The van der Waals surface area contributed by atoms with Gasteiger partial charge < -0.3 is 5.73 Å². The highest BCUT2D eigenvalue weighted by Crippen LogP contribution is 2.25. The third-order valence-corrected chi connectivity index (χ3v) is 5.81. The molecule has 0 unspecified atom stereocenters. The molecular formula is C11H11N3O2S3. The number of rotatable bonds is 3. The van der Waals surface area contributed by atoms with Gasteiger partial charge in [0.05, 0.1) is 17.6 Å². The fourth-order valence-corrected chi connectivity index (χ4v) is 4.46. The van der Waals surface area contributed by atoms with Crippen molar-refractivity contribution in [2.75, 3.05) is 11.3 Å². The topological polar surface area (TPSA) is 85.1 Å². The van der Waals surface area contributed by atoms with Gasteiger partial charge in [-0.1, -0.05) is 23.2 Å². The summed E-state index contributed by atoms with van der Waals surface area (Å²) in [7, 11) is -3.56. The number of aryl methyl sites for hydroxylation is 1. The first-order chi connectivity index (χ1) is 9.01. The van der Waals surface area contributed by atoms with Gasteiger partial charge in [0.25, 0.3) is 10.0 Å². The van der Waals surface area contributed by atoms with Crippen molar-refractivity contribution < 1.29 is 8.42 Å². The Morgan fingerprint density at radius 1 is 1.42 bits per heavy atom. The van der Waals surface area contributed by atoms with E-state index in [2.05, 4.69) is 21.5 Å². The van der Waals surface area contributed by atoms with Crippen LogP contribution in [0.3, 0.4) is 0 Å². The molecule has 0 radical (unpaired) electrons. The molecule has 0 saturated carbocycles. The van der Waals surface area contributed by atoms with E-state index in [1.807, 2.05) is 6.92 Å². The molecular weight excluding hydrogens is 302 g/mol. The van der Waals surface area contributed by atoms with E-state index < -0.39 is 10.0 Å². The van der Waals surface area contributed by atoms with Gasteiger partial charge in [0.1, 0.15) is 4.21 Å². The summed E-state index contributed by atoms with van der Waals surface area (Å²) in [5.74, 6) is 5.49. The Balaban J connectivity index is 2.19. The van der Waals surface area contributed by atoms with Crippen molar-refractivity contribution in [3.05, 3.63) is 28.1 Å². The molecule has 2 rings (SSSR count). The molecule has 0 aliphatic carbocycles. The summed E-state index contributed by atoms with van der Waals surface area (Å²) in [4.78, 5) is 5.59. The van der Waals surface area contributed by atoms with Crippen molar-refractivity contribution in [2.24, 2.45) is 5.73 Å². The molecule has 0 saturated heterocycles. The lowest BCUT2D eigenvalue weighted by Gasteiger charge is -2.01. The van der Waals surface area contributed by atoms with Crippen LogP contribution in [0.1, 0.15) is 9.75 Å². The fourth-order valence-electron chi connectivity index (χ4n) is 1.24. The summed E-state index contributed by atoms with van der Waals surface area (Å²) in [5, 5.41) is 0.298. The average Bonchev–Trinajstić information content (AvgIpc) is 2.95. The van der Waals surface area contributed by atoms with Crippen LogP contribution in [0.15, 0.2) is 22.5 Å². The maximum absolute atomic E-state index is 12.0. The number of aromatic nitrogens is 1. The van der Waals surface area contributed by atoms with Crippen molar-refractivity contribution in [3.63, 3.8) is 0 Å². The Hall–Kier alpha value is -1.40. The van der Waals surface area contributed by atoms with E-state index in [1.54, 1.807) is 12.1 Å². The van der Waals surface area contributed by atoms with Gasteiger partial charge in [-0.05, 0) is 19.1 Å². The lowest BCUT2D eigenvalue weighted by molar-refractivity contribution is 0.603. The van der Waals surface area contributed by atoms with Crippen molar-refractivity contribution in [1.82, 2.24) is 4.98 Å². The molecule has 0 aliphatic rings. The first-order valence-electron chi connectivity index (χ1n) is 5.25. The highest BCUT2D eigenvalue weighted by Gasteiger charge is 2.17. The number of thiazole rings is 1. The molecule has 19 heavy (non-hydrogen) atoms. The van der Waals surface area contributed by atoms with E-state index in [0.29, 0.717) is 10.0 Å². The predicted molar refractivity (Wildman–Crippen MR) is 77.9 cm³/mol.